The fourth-order valence-electron chi connectivity index (χ4n) is 2.75. The number of anilines is 1. The monoisotopic (exact) mass is 267 g/mol. The predicted octanol–water partition coefficient (Wildman–Crippen LogP) is 3.52. The van der Waals surface area contributed by atoms with Gasteiger partial charge in [0.05, 0.1) is 10.6 Å². The molecule has 3 nitrogen and oxygen atoms in total. The summed E-state index contributed by atoms with van der Waals surface area (Å²) in [7, 11) is 0. The Labute approximate surface area is 112 Å². The van der Waals surface area contributed by atoms with Crippen LogP contribution in [0, 0.1) is 11.8 Å². The fraction of sp³-hybridized carbons (Fsp3) is 0.500. The molecule has 1 fully saturated rings. The first kappa shape index (κ1) is 13.2. The van der Waals surface area contributed by atoms with Crippen molar-refractivity contribution in [2.24, 2.45) is 11.8 Å². The molecule has 0 radical (unpaired) electrons. The minimum Gasteiger partial charge on any atom is -0.478 e. The minimum absolute atomic E-state index is 0.165. The van der Waals surface area contributed by atoms with E-state index >= 15 is 0 Å². The molecular weight excluding hydrogens is 250 g/mol. The van der Waals surface area contributed by atoms with Gasteiger partial charge in [-0.05, 0) is 36.5 Å². The Morgan fingerprint density at radius 1 is 1.33 bits per heavy atom. The van der Waals surface area contributed by atoms with Crippen molar-refractivity contribution in [3.63, 3.8) is 0 Å². The molecule has 0 saturated carbocycles. The third kappa shape index (κ3) is 2.78. The summed E-state index contributed by atoms with van der Waals surface area (Å²) < 4.78 is 0. The van der Waals surface area contributed by atoms with Crippen molar-refractivity contribution < 1.29 is 9.90 Å². The lowest BCUT2D eigenvalue weighted by Crippen LogP contribution is -2.38. The molecule has 1 N–H and O–H groups in total. The van der Waals surface area contributed by atoms with Crippen molar-refractivity contribution >= 4 is 23.3 Å². The Morgan fingerprint density at radius 3 is 2.44 bits per heavy atom. The lowest BCUT2D eigenvalue weighted by molar-refractivity contribution is 0.0697. The summed E-state index contributed by atoms with van der Waals surface area (Å²) in [5, 5.41) is 9.26. The van der Waals surface area contributed by atoms with E-state index in [0.29, 0.717) is 16.9 Å². The fourth-order valence-corrected chi connectivity index (χ4v) is 3.00. The maximum atomic E-state index is 10.9. The molecular formula is C14H18ClNO2. The van der Waals surface area contributed by atoms with E-state index in [1.54, 1.807) is 12.1 Å². The molecule has 0 spiro atoms. The number of benzene rings is 1. The van der Waals surface area contributed by atoms with Crippen LogP contribution in [0.5, 0.6) is 0 Å². The van der Waals surface area contributed by atoms with Gasteiger partial charge < -0.3 is 10.0 Å². The molecule has 1 heterocycles. The molecule has 1 aromatic carbocycles. The zero-order valence-corrected chi connectivity index (χ0v) is 11.4. The maximum absolute atomic E-state index is 10.9. The second-order valence-corrected chi connectivity index (χ2v) is 5.73. The molecule has 4 heteroatoms. The Morgan fingerprint density at radius 2 is 1.94 bits per heavy atom. The van der Waals surface area contributed by atoms with Gasteiger partial charge in [-0.25, -0.2) is 4.79 Å². The Hall–Kier alpha value is -1.22. The Balaban J connectivity index is 2.23. The van der Waals surface area contributed by atoms with Crippen molar-refractivity contribution in [3.8, 4) is 0 Å². The number of nitrogens with zero attached hydrogens (tertiary/aromatic N) is 1. The van der Waals surface area contributed by atoms with E-state index in [1.165, 1.54) is 6.42 Å². The second kappa shape index (κ2) is 5.19. The average Bonchev–Trinajstić information content (AvgIpc) is 2.26. The zero-order valence-electron chi connectivity index (χ0n) is 10.7. The van der Waals surface area contributed by atoms with Crippen LogP contribution in [0.3, 0.4) is 0 Å². The number of rotatable bonds is 2. The van der Waals surface area contributed by atoms with Crippen molar-refractivity contribution in [2.75, 3.05) is 18.0 Å². The van der Waals surface area contributed by atoms with E-state index in [-0.39, 0.29) is 5.56 Å². The van der Waals surface area contributed by atoms with Gasteiger partial charge in [0, 0.05) is 18.8 Å². The molecule has 1 aliphatic rings. The maximum Gasteiger partial charge on any atom is 0.337 e. The molecule has 1 aromatic rings. The highest BCUT2D eigenvalue weighted by Gasteiger charge is 2.22. The highest BCUT2D eigenvalue weighted by molar-refractivity contribution is 6.33. The van der Waals surface area contributed by atoms with E-state index in [9.17, 15) is 4.79 Å². The number of halogens is 1. The van der Waals surface area contributed by atoms with Gasteiger partial charge in [0.15, 0.2) is 0 Å². The van der Waals surface area contributed by atoms with Gasteiger partial charge in [0.25, 0.3) is 0 Å². The molecule has 0 amide bonds. The first-order valence-electron chi connectivity index (χ1n) is 6.25. The molecule has 98 valence electrons. The third-order valence-electron chi connectivity index (χ3n) is 3.42. The number of piperidine rings is 1. The van der Waals surface area contributed by atoms with Crippen LogP contribution < -0.4 is 4.90 Å². The summed E-state index contributed by atoms with van der Waals surface area (Å²) in [5.41, 5.74) is 1.18. The predicted molar refractivity (Wildman–Crippen MR) is 73.6 cm³/mol. The molecule has 2 rings (SSSR count). The van der Waals surface area contributed by atoms with Gasteiger partial charge >= 0.3 is 5.97 Å². The summed E-state index contributed by atoms with van der Waals surface area (Å²) in [4.78, 5) is 13.2. The van der Waals surface area contributed by atoms with Crippen LogP contribution >= 0.6 is 11.6 Å². The van der Waals surface area contributed by atoms with Gasteiger partial charge in [-0.3, -0.25) is 0 Å². The lowest BCUT2D eigenvalue weighted by Gasteiger charge is -2.36. The van der Waals surface area contributed by atoms with Crippen molar-refractivity contribution in [1.29, 1.82) is 0 Å². The SMILES string of the molecule is CC1CC(C)CN(c2ccc(C(=O)O)c(Cl)c2)C1. The van der Waals surface area contributed by atoms with Crippen molar-refractivity contribution in [1.82, 2.24) is 0 Å². The molecule has 0 aliphatic carbocycles. The number of aromatic carboxylic acids is 1. The van der Waals surface area contributed by atoms with Gasteiger partial charge in [-0.1, -0.05) is 25.4 Å². The Kier molecular flexibility index (Phi) is 3.81. The van der Waals surface area contributed by atoms with Crippen LogP contribution in [-0.4, -0.2) is 24.2 Å². The number of hydrogen-bond acceptors (Lipinski definition) is 2. The Bertz CT molecular complexity index is 451. The molecule has 2 atom stereocenters. The van der Waals surface area contributed by atoms with Gasteiger partial charge in [0.2, 0.25) is 0 Å². The second-order valence-electron chi connectivity index (χ2n) is 5.32. The normalized spacial score (nSPS) is 24.1. The van der Waals surface area contributed by atoms with Crippen LogP contribution in [0.25, 0.3) is 0 Å². The van der Waals surface area contributed by atoms with Gasteiger partial charge in [0.1, 0.15) is 0 Å². The van der Waals surface area contributed by atoms with E-state index in [2.05, 4.69) is 18.7 Å². The van der Waals surface area contributed by atoms with Crippen LogP contribution in [0.2, 0.25) is 5.02 Å². The number of carboxylic acids is 1. The summed E-state index contributed by atoms with van der Waals surface area (Å²) in [6.07, 6.45) is 1.25. The number of carboxylic acid groups (broad SMARTS) is 1. The lowest BCUT2D eigenvalue weighted by atomic mass is 9.91. The first-order chi connectivity index (χ1) is 8.47. The zero-order chi connectivity index (χ0) is 13.3. The molecule has 1 saturated heterocycles. The standard InChI is InChI=1S/C14H18ClNO2/c1-9-5-10(2)8-16(7-9)11-3-4-12(14(17)18)13(15)6-11/h3-4,6,9-10H,5,7-8H2,1-2H3,(H,17,18). The van der Waals surface area contributed by atoms with Gasteiger partial charge in [-0.15, -0.1) is 0 Å². The molecule has 18 heavy (non-hydrogen) atoms. The summed E-state index contributed by atoms with van der Waals surface area (Å²) in [6.45, 7) is 6.51. The van der Waals surface area contributed by atoms with Crippen LogP contribution in [0.4, 0.5) is 5.69 Å². The van der Waals surface area contributed by atoms with E-state index in [4.69, 9.17) is 16.7 Å². The number of carbonyl (C=O) groups is 1. The van der Waals surface area contributed by atoms with Crippen LogP contribution in [0.15, 0.2) is 18.2 Å². The van der Waals surface area contributed by atoms with Crippen LogP contribution in [0.1, 0.15) is 30.6 Å². The van der Waals surface area contributed by atoms with Gasteiger partial charge in [-0.2, -0.15) is 0 Å². The van der Waals surface area contributed by atoms with E-state index in [1.807, 2.05) is 6.07 Å². The molecule has 0 aromatic heterocycles. The number of hydrogen-bond donors (Lipinski definition) is 1. The van der Waals surface area contributed by atoms with E-state index in [0.717, 1.165) is 18.8 Å². The van der Waals surface area contributed by atoms with Crippen molar-refractivity contribution in [3.05, 3.63) is 28.8 Å². The quantitative estimate of drug-likeness (QED) is 0.891. The summed E-state index contributed by atoms with van der Waals surface area (Å²) >= 11 is 6.01. The highest BCUT2D eigenvalue weighted by Crippen LogP contribution is 2.29. The topological polar surface area (TPSA) is 40.5 Å². The van der Waals surface area contributed by atoms with Crippen molar-refractivity contribution in [2.45, 2.75) is 20.3 Å². The van der Waals surface area contributed by atoms with E-state index < -0.39 is 5.97 Å². The largest absolute Gasteiger partial charge is 0.478 e. The third-order valence-corrected chi connectivity index (χ3v) is 3.73. The average molecular weight is 268 g/mol. The highest BCUT2D eigenvalue weighted by atomic mass is 35.5. The summed E-state index contributed by atoms with van der Waals surface area (Å²) in [5.74, 6) is 0.338. The molecule has 2 unspecified atom stereocenters. The molecule has 0 bridgehead atoms. The smallest absolute Gasteiger partial charge is 0.337 e. The van der Waals surface area contributed by atoms with Crippen LogP contribution in [-0.2, 0) is 0 Å². The minimum atomic E-state index is -0.980. The molecule has 1 aliphatic heterocycles. The first-order valence-corrected chi connectivity index (χ1v) is 6.63. The summed E-state index contributed by atoms with van der Waals surface area (Å²) in [6, 6.07) is 5.19.